The van der Waals surface area contributed by atoms with Gasteiger partial charge in [0.1, 0.15) is 5.78 Å². The Balaban J connectivity index is 3.84. The first-order valence-electron chi connectivity index (χ1n) is 4.51. The van der Waals surface area contributed by atoms with Crippen LogP contribution in [0.25, 0.3) is 0 Å². The molecule has 0 aromatic carbocycles. The molecule has 0 saturated carbocycles. The smallest absolute Gasteiger partial charge is 0.219 e. The molecule has 3 N–H and O–H groups in total. The number of amides is 1. The lowest BCUT2D eigenvalue weighted by Crippen LogP contribution is -2.42. The monoisotopic (exact) mass is 200 g/mol. The van der Waals surface area contributed by atoms with E-state index in [1.54, 1.807) is 6.92 Å². The summed E-state index contributed by atoms with van der Waals surface area (Å²) in [5, 5.41) is 2.49. The minimum absolute atomic E-state index is 0.0960. The summed E-state index contributed by atoms with van der Waals surface area (Å²) in [6.45, 7) is 3.13. The van der Waals surface area contributed by atoms with Crippen LogP contribution in [0.3, 0.4) is 0 Å². The Morgan fingerprint density at radius 2 is 1.93 bits per heavy atom. The number of carbonyl (C=O) groups excluding carboxylic acids is 3. The van der Waals surface area contributed by atoms with Crippen LogP contribution in [0.2, 0.25) is 0 Å². The maximum absolute atomic E-state index is 11.2. The van der Waals surface area contributed by atoms with Gasteiger partial charge < -0.3 is 11.1 Å². The van der Waals surface area contributed by atoms with Crippen molar-refractivity contribution in [2.24, 2.45) is 5.73 Å². The van der Waals surface area contributed by atoms with Crippen molar-refractivity contribution in [2.45, 2.75) is 32.7 Å². The molecule has 5 heteroatoms. The first-order chi connectivity index (χ1) is 6.47. The van der Waals surface area contributed by atoms with Crippen LogP contribution >= 0.6 is 0 Å². The Bertz CT molecular complexity index is 238. The summed E-state index contributed by atoms with van der Waals surface area (Å²) in [7, 11) is 0. The minimum atomic E-state index is -0.783. The molecule has 1 atom stereocenters. The predicted octanol–water partition coefficient (Wildman–Crippen LogP) is -0.612. The number of rotatable bonds is 6. The van der Waals surface area contributed by atoms with E-state index in [-0.39, 0.29) is 30.4 Å². The minimum Gasteiger partial charge on any atom is -0.354 e. The van der Waals surface area contributed by atoms with Gasteiger partial charge in [-0.3, -0.25) is 14.4 Å². The molecule has 0 aliphatic carbocycles. The lowest BCUT2D eigenvalue weighted by molar-refractivity contribution is -0.126. The molecule has 1 amide bonds. The van der Waals surface area contributed by atoms with E-state index in [1.807, 2.05) is 0 Å². The van der Waals surface area contributed by atoms with Gasteiger partial charge in [0.05, 0.1) is 12.5 Å². The predicted molar refractivity (Wildman–Crippen MR) is 51.6 cm³/mol. The summed E-state index contributed by atoms with van der Waals surface area (Å²) >= 11 is 0. The molecule has 0 saturated heterocycles. The number of hydrogen-bond donors (Lipinski definition) is 2. The van der Waals surface area contributed by atoms with Crippen molar-refractivity contribution in [1.82, 2.24) is 5.32 Å². The molecule has 0 heterocycles. The Labute approximate surface area is 83.0 Å². The number of ketones is 2. The third-order valence-electron chi connectivity index (χ3n) is 1.68. The molecule has 80 valence electrons. The van der Waals surface area contributed by atoms with Gasteiger partial charge >= 0.3 is 0 Å². The molecule has 0 aliphatic rings. The van der Waals surface area contributed by atoms with Crippen LogP contribution in [0.15, 0.2) is 0 Å². The highest BCUT2D eigenvalue weighted by Crippen LogP contribution is 1.90. The maximum atomic E-state index is 11.2. The largest absolute Gasteiger partial charge is 0.354 e. The fourth-order valence-corrected chi connectivity index (χ4v) is 0.839. The van der Waals surface area contributed by atoms with E-state index in [1.165, 1.54) is 6.92 Å². The standard InChI is InChI=1S/C9H16N2O3/c1-3-9(14)11-5-7(10)8(13)4-6(2)12/h7H,3-5,10H2,1-2H3,(H,11,14). The first-order valence-corrected chi connectivity index (χ1v) is 4.51. The fraction of sp³-hybridized carbons (Fsp3) is 0.667. The summed E-state index contributed by atoms with van der Waals surface area (Å²) in [6, 6.07) is -0.783. The molecule has 0 aromatic heterocycles. The van der Waals surface area contributed by atoms with Crippen molar-refractivity contribution in [2.75, 3.05) is 6.54 Å². The van der Waals surface area contributed by atoms with Crippen LogP contribution in [0.1, 0.15) is 26.7 Å². The Morgan fingerprint density at radius 3 is 2.36 bits per heavy atom. The van der Waals surface area contributed by atoms with E-state index in [0.717, 1.165) is 0 Å². The third kappa shape index (κ3) is 5.42. The molecule has 0 bridgehead atoms. The fourth-order valence-electron chi connectivity index (χ4n) is 0.839. The Morgan fingerprint density at radius 1 is 1.36 bits per heavy atom. The van der Waals surface area contributed by atoms with Crippen molar-refractivity contribution in [3.05, 3.63) is 0 Å². The number of nitrogens with one attached hydrogen (secondary N) is 1. The van der Waals surface area contributed by atoms with Crippen LogP contribution in [0.5, 0.6) is 0 Å². The molecule has 0 aliphatic heterocycles. The van der Waals surface area contributed by atoms with E-state index in [4.69, 9.17) is 5.73 Å². The molecular formula is C9H16N2O3. The molecular weight excluding hydrogens is 184 g/mol. The van der Waals surface area contributed by atoms with Gasteiger partial charge in [-0.1, -0.05) is 6.92 Å². The van der Waals surface area contributed by atoms with Crippen molar-refractivity contribution in [3.8, 4) is 0 Å². The van der Waals surface area contributed by atoms with Crippen LogP contribution in [0, 0.1) is 0 Å². The van der Waals surface area contributed by atoms with Gasteiger partial charge in [0.15, 0.2) is 5.78 Å². The van der Waals surface area contributed by atoms with Gasteiger partial charge in [0, 0.05) is 13.0 Å². The third-order valence-corrected chi connectivity index (χ3v) is 1.68. The molecule has 0 radical (unpaired) electrons. The van der Waals surface area contributed by atoms with Gasteiger partial charge in [-0.25, -0.2) is 0 Å². The topological polar surface area (TPSA) is 89.3 Å². The van der Waals surface area contributed by atoms with Crippen molar-refractivity contribution >= 4 is 17.5 Å². The van der Waals surface area contributed by atoms with Crippen LogP contribution in [-0.4, -0.2) is 30.1 Å². The van der Waals surface area contributed by atoms with Crippen LogP contribution in [-0.2, 0) is 14.4 Å². The van der Waals surface area contributed by atoms with E-state index in [0.29, 0.717) is 6.42 Å². The second-order valence-electron chi connectivity index (χ2n) is 3.11. The van der Waals surface area contributed by atoms with Crippen molar-refractivity contribution < 1.29 is 14.4 Å². The molecule has 0 fully saturated rings. The first kappa shape index (κ1) is 12.8. The highest BCUT2D eigenvalue weighted by atomic mass is 16.2. The SMILES string of the molecule is CCC(=O)NCC(N)C(=O)CC(C)=O. The van der Waals surface area contributed by atoms with Gasteiger partial charge in [-0.15, -0.1) is 0 Å². The Hall–Kier alpha value is -1.23. The van der Waals surface area contributed by atoms with Gasteiger partial charge in [-0.2, -0.15) is 0 Å². The maximum Gasteiger partial charge on any atom is 0.219 e. The number of nitrogens with two attached hydrogens (primary N) is 1. The summed E-state index contributed by atoms with van der Waals surface area (Å²) in [4.78, 5) is 32.6. The van der Waals surface area contributed by atoms with Gasteiger partial charge in [0.2, 0.25) is 5.91 Å². The lowest BCUT2D eigenvalue weighted by atomic mass is 10.1. The molecule has 14 heavy (non-hydrogen) atoms. The second kappa shape index (κ2) is 6.26. The number of carbonyl (C=O) groups is 3. The number of Topliss-reactive ketones (excluding diaryl/α,β-unsaturated/α-hetero) is 2. The van der Waals surface area contributed by atoms with E-state index < -0.39 is 6.04 Å². The second-order valence-corrected chi connectivity index (χ2v) is 3.11. The lowest BCUT2D eigenvalue weighted by Gasteiger charge is -2.10. The molecule has 0 spiro atoms. The zero-order valence-electron chi connectivity index (χ0n) is 8.50. The molecule has 0 rings (SSSR count). The average Bonchev–Trinajstić information content (AvgIpc) is 2.12. The Kier molecular flexibility index (Phi) is 5.71. The molecule has 1 unspecified atom stereocenters. The van der Waals surface area contributed by atoms with Crippen LogP contribution in [0.4, 0.5) is 0 Å². The van der Waals surface area contributed by atoms with E-state index in [9.17, 15) is 14.4 Å². The van der Waals surface area contributed by atoms with Crippen molar-refractivity contribution in [3.63, 3.8) is 0 Å². The summed E-state index contributed by atoms with van der Waals surface area (Å²) in [5.74, 6) is -0.711. The summed E-state index contributed by atoms with van der Waals surface area (Å²) < 4.78 is 0. The van der Waals surface area contributed by atoms with Gasteiger partial charge in [0.25, 0.3) is 0 Å². The van der Waals surface area contributed by atoms with E-state index in [2.05, 4.69) is 5.32 Å². The number of hydrogen-bond acceptors (Lipinski definition) is 4. The average molecular weight is 200 g/mol. The zero-order chi connectivity index (χ0) is 11.1. The normalized spacial score (nSPS) is 11.9. The highest BCUT2D eigenvalue weighted by Gasteiger charge is 2.15. The van der Waals surface area contributed by atoms with E-state index >= 15 is 0 Å². The van der Waals surface area contributed by atoms with Crippen LogP contribution < -0.4 is 11.1 Å². The molecule has 5 nitrogen and oxygen atoms in total. The zero-order valence-corrected chi connectivity index (χ0v) is 8.50. The van der Waals surface area contributed by atoms with Gasteiger partial charge in [-0.05, 0) is 6.92 Å². The van der Waals surface area contributed by atoms with Crippen molar-refractivity contribution in [1.29, 1.82) is 0 Å². The summed E-state index contributed by atoms with van der Waals surface area (Å²) in [5.41, 5.74) is 5.45. The summed E-state index contributed by atoms with van der Waals surface area (Å²) in [6.07, 6.45) is 0.191. The quantitative estimate of drug-likeness (QED) is 0.560. The highest BCUT2D eigenvalue weighted by molar-refractivity contribution is 6.00. The molecule has 0 aromatic rings.